The molecule has 0 aromatic carbocycles. The van der Waals surface area contributed by atoms with Crippen LogP contribution in [0.2, 0.25) is 0 Å². The number of ketones is 4. The summed E-state index contributed by atoms with van der Waals surface area (Å²) in [6, 6.07) is -0.719. The van der Waals surface area contributed by atoms with Gasteiger partial charge in [-0.25, -0.2) is 0 Å². The number of rotatable bonds is 14. The van der Waals surface area contributed by atoms with Gasteiger partial charge in [0.25, 0.3) is 5.91 Å². The van der Waals surface area contributed by atoms with Crippen molar-refractivity contribution >= 4 is 34.9 Å². The lowest BCUT2D eigenvalue weighted by Gasteiger charge is -2.34. The number of nitrogens with zero attached hydrogens (tertiary/aromatic N) is 1. The van der Waals surface area contributed by atoms with Crippen LogP contribution in [0.5, 0.6) is 0 Å². The first kappa shape index (κ1) is 31.7. The third-order valence-electron chi connectivity index (χ3n) is 9.26. The molecule has 1 saturated heterocycles. The molecule has 3 rings (SSSR count). The summed E-state index contributed by atoms with van der Waals surface area (Å²) in [6.45, 7) is 12.0. The van der Waals surface area contributed by atoms with Crippen molar-refractivity contribution in [2.24, 2.45) is 46.2 Å². The highest BCUT2D eigenvalue weighted by molar-refractivity contribution is 6.36. The maximum atomic E-state index is 14.0. The zero-order chi connectivity index (χ0) is 30.0. The van der Waals surface area contributed by atoms with Gasteiger partial charge in [0.2, 0.25) is 17.5 Å². The van der Waals surface area contributed by atoms with E-state index < -0.39 is 29.6 Å². The maximum Gasteiger partial charge on any atom is 0.285 e. The van der Waals surface area contributed by atoms with Crippen LogP contribution in [-0.2, 0) is 28.8 Å². The molecule has 2 N–H and O–H groups in total. The lowest BCUT2D eigenvalue weighted by molar-refractivity contribution is -0.146. The number of primary amides is 1. The minimum absolute atomic E-state index is 0.00351. The van der Waals surface area contributed by atoms with Gasteiger partial charge in [0, 0.05) is 44.1 Å². The number of piperidine rings is 1. The highest BCUT2D eigenvalue weighted by Gasteiger charge is 2.69. The summed E-state index contributed by atoms with van der Waals surface area (Å²) in [4.78, 5) is 79.0. The molecule has 3 aliphatic rings. The molecule has 5 atom stereocenters. The summed E-state index contributed by atoms with van der Waals surface area (Å²) in [5.74, 6) is 1.36. The number of nitrogens with two attached hydrogens (primary N) is 1. The minimum Gasteiger partial charge on any atom is -0.363 e. The average Bonchev–Trinajstić information content (AvgIpc) is 3.14. The van der Waals surface area contributed by atoms with E-state index in [-0.39, 0.29) is 71.6 Å². The molecular weight excluding hydrogens is 508 g/mol. The van der Waals surface area contributed by atoms with Crippen LogP contribution in [0.15, 0.2) is 0 Å². The lowest BCUT2D eigenvalue weighted by Crippen LogP contribution is -2.49. The van der Waals surface area contributed by atoms with Crippen LogP contribution in [-0.4, -0.2) is 52.4 Å². The predicted octanol–water partition coefficient (Wildman–Crippen LogP) is 3.67. The van der Waals surface area contributed by atoms with Crippen molar-refractivity contribution in [1.82, 2.24) is 4.90 Å². The van der Waals surface area contributed by atoms with Crippen molar-refractivity contribution in [2.45, 2.75) is 105 Å². The van der Waals surface area contributed by atoms with Gasteiger partial charge in [-0.05, 0) is 54.3 Å². The number of carbonyl (C=O) groups is 6. The van der Waals surface area contributed by atoms with Crippen LogP contribution < -0.4 is 5.73 Å². The van der Waals surface area contributed by atoms with E-state index in [1.54, 1.807) is 11.8 Å². The second-order valence-corrected chi connectivity index (χ2v) is 14.0. The Balaban J connectivity index is 1.83. The second-order valence-electron chi connectivity index (χ2n) is 14.0. The molecule has 8 nitrogen and oxygen atoms in total. The third-order valence-corrected chi connectivity index (χ3v) is 9.26. The Labute approximate surface area is 238 Å². The van der Waals surface area contributed by atoms with Gasteiger partial charge in [-0.3, -0.25) is 28.8 Å². The molecule has 220 valence electrons. The Bertz CT molecular complexity index is 1120. The third kappa shape index (κ3) is 7.47. The van der Waals surface area contributed by atoms with Gasteiger partial charge in [0.05, 0.1) is 6.04 Å². The topological polar surface area (TPSA) is 132 Å². The van der Waals surface area contributed by atoms with Crippen molar-refractivity contribution in [3.8, 4) is 11.8 Å². The number of carbonyl (C=O) groups excluding carboxylic acids is 6. The van der Waals surface area contributed by atoms with E-state index in [4.69, 9.17) is 5.73 Å². The molecule has 2 aliphatic carbocycles. The monoisotopic (exact) mass is 554 g/mol. The fraction of sp³-hybridized carbons (Fsp3) is 0.750. The van der Waals surface area contributed by atoms with E-state index in [1.165, 1.54) is 0 Å². The average molecular weight is 555 g/mol. The number of hydrogen-bond donors (Lipinski definition) is 1. The summed E-state index contributed by atoms with van der Waals surface area (Å²) >= 11 is 0. The van der Waals surface area contributed by atoms with Gasteiger partial charge in [0.1, 0.15) is 5.78 Å². The van der Waals surface area contributed by atoms with Gasteiger partial charge in [-0.2, -0.15) is 0 Å². The molecule has 2 amide bonds. The van der Waals surface area contributed by atoms with Gasteiger partial charge in [-0.1, -0.05) is 59.8 Å². The van der Waals surface area contributed by atoms with Gasteiger partial charge < -0.3 is 10.6 Å². The molecule has 3 fully saturated rings. The predicted molar refractivity (Wildman–Crippen MR) is 150 cm³/mol. The molecule has 2 saturated carbocycles. The van der Waals surface area contributed by atoms with E-state index in [2.05, 4.69) is 25.7 Å². The van der Waals surface area contributed by atoms with Crippen LogP contribution in [0.25, 0.3) is 0 Å². The lowest BCUT2D eigenvalue weighted by atomic mass is 9.76. The second kappa shape index (κ2) is 12.4. The number of likely N-dealkylation sites (tertiary alicyclic amines) is 1. The highest BCUT2D eigenvalue weighted by Crippen LogP contribution is 2.65. The largest absolute Gasteiger partial charge is 0.363 e. The number of amides is 2. The van der Waals surface area contributed by atoms with Crippen LogP contribution in [0.3, 0.4) is 0 Å². The molecule has 1 aliphatic heterocycles. The summed E-state index contributed by atoms with van der Waals surface area (Å²) in [7, 11) is 0. The number of fused-ring (bicyclic) bond motifs is 1. The molecule has 0 spiro atoms. The molecule has 2 unspecified atom stereocenters. The van der Waals surface area contributed by atoms with Crippen molar-refractivity contribution in [3.05, 3.63) is 0 Å². The van der Waals surface area contributed by atoms with Gasteiger partial charge in [-0.15, -0.1) is 0 Å². The standard InChI is InChI=1S/C32H46N2O6/c1-7-9-22(35)13-12-20(15-23(36)17-31(2,3)4)30(40)34-18-24-26(32(24,5)6)27(34)25(37)16-21(28(38)29(33)39)14-19-10-8-11-19/h19-21,24,26-27H,8,10-18H2,1-6H3,(H2,33,39)/t20-,21?,24?,26+,27-/m1/s1. The van der Waals surface area contributed by atoms with Crippen LogP contribution >= 0.6 is 0 Å². The quantitative estimate of drug-likeness (QED) is 0.198. The molecular formula is C32H46N2O6. The summed E-state index contributed by atoms with van der Waals surface area (Å²) in [5, 5.41) is 0. The first-order valence-electron chi connectivity index (χ1n) is 14.7. The fourth-order valence-corrected chi connectivity index (χ4v) is 6.85. The smallest absolute Gasteiger partial charge is 0.285 e. The molecule has 40 heavy (non-hydrogen) atoms. The first-order chi connectivity index (χ1) is 18.6. The van der Waals surface area contributed by atoms with Gasteiger partial charge in [0.15, 0.2) is 5.78 Å². The van der Waals surface area contributed by atoms with Crippen LogP contribution in [0.4, 0.5) is 0 Å². The van der Waals surface area contributed by atoms with E-state index in [1.807, 2.05) is 20.8 Å². The number of Topliss-reactive ketones (excluding diaryl/α,β-unsaturated/α-hetero) is 4. The molecule has 0 radical (unpaired) electrons. The maximum absolute atomic E-state index is 14.0. The summed E-state index contributed by atoms with van der Waals surface area (Å²) < 4.78 is 0. The van der Waals surface area contributed by atoms with Crippen molar-refractivity contribution in [2.75, 3.05) is 6.54 Å². The van der Waals surface area contributed by atoms with Crippen LogP contribution in [0, 0.1) is 52.3 Å². The molecule has 1 heterocycles. The summed E-state index contributed by atoms with van der Waals surface area (Å²) in [5.41, 5.74) is 4.96. The Morgan fingerprint density at radius 2 is 1.68 bits per heavy atom. The Morgan fingerprint density at radius 1 is 1.02 bits per heavy atom. The minimum atomic E-state index is -1.03. The van der Waals surface area contributed by atoms with Gasteiger partial charge >= 0.3 is 0 Å². The molecule has 0 aromatic heterocycles. The highest BCUT2D eigenvalue weighted by atomic mass is 16.2. The fourth-order valence-electron chi connectivity index (χ4n) is 6.85. The Morgan fingerprint density at radius 3 is 2.20 bits per heavy atom. The first-order valence-corrected chi connectivity index (χ1v) is 14.7. The SMILES string of the molecule is CC#CC(=O)CC[C@H](CC(=O)CC(C)(C)C)C(=O)N1CC2[C@@H]([C@H]1C(=O)CC(CC1CCC1)C(=O)C(N)=O)C2(C)C. The van der Waals surface area contributed by atoms with Crippen LogP contribution in [0.1, 0.15) is 99.3 Å². The number of hydrogen-bond acceptors (Lipinski definition) is 6. The van der Waals surface area contributed by atoms with E-state index in [0.29, 0.717) is 25.3 Å². The Hall–Kier alpha value is -2.82. The zero-order valence-electron chi connectivity index (χ0n) is 25.0. The van der Waals surface area contributed by atoms with Crippen molar-refractivity contribution in [1.29, 1.82) is 0 Å². The van der Waals surface area contributed by atoms with E-state index in [9.17, 15) is 28.8 Å². The molecule has 0 bridgehead atoms. The van der Waals surface area contributed by atoms with Crippen molar-refractivity contribution in [3.63, 3.8) is 0 Å². The van der Waals surface area contributed by atoms with Crippen molar-refractivity contribution < 1.29 is 28.8 Å². The van der Waals surface area contributed by atoms with E-state index in [0.717, 1.165) is 19.3 Å². The molecule has 8 heteroatoms. The zero-order valence-corrected chi connectivity index (χ0v) is 25.0. The Kier molecular flexibility index (Phi) is 9.80. The molecule has 0 aromatic rings. The summed E-state index contributed by atoms with van der Waals surface area (Å²) in [6.07, 6.45) is 3.88. The normalized spacial score (nSPS) is 24.6. The van der Waals surface area contributed by atoms with E-state index >= 15 is 0 Å².